The molecule has 19 heavy (non-hydrogen) atoms. The van der Waals surface area contributed by atoms with Gasteiger partial charge in [0.15, 0.2) is 0 Å². The summed E-state index contributed by atoms with van der Waals surface area (Å²) in [7, 11) is 1.28. The van der Waals surface area contributed by atoms with Crippen LogP contribution in [0.15, 0.2) is 23.1 Å². The first-order chi connectivity index (χ1) is 9.08. The number of nitrogens with zero attached hydrogens (tertiary/aromatic N) is 2. The molecule has 6 heteroatoms. The molecule has 2 heterocycles. The molecule has 0 aliphatic rings. The Balaban J connectivity index is 2.71. The Morgan fingerprint density at radius 1 is 1.53 bits per heavy atom. The number of hydrogen-bond donors (Lipinski definition) is 1. The number of aromatic nitrogens is 2. The summed E-state index contributed by atoms with van der Waals surface area (Å²) in [6.07, 6.45) is 1.57. The molecule has 0 fully saturated rings. The highest BCUT2D eigenvalue weighted by molar-refractivity contribution is 5.94. The fourth-order valence-electron chi connectivity index (χ4n) is 1.91. The number of fused-ring (bicyclic) bond motifs is 1. The van der Waals surface area contributed by atoms with E-state index in [0.717, 1.165) is 0 Å². The summed E-state index contributed by atoms with van der Waals surface area (Å²) in [5.74, 6) is -0.524. The first kappa shape index (κ1) is 13.2. The van der Waals surface area contributed by atoms with Crippen LogP contribution < -0.4 is 5.56 Å². The second-order valence-electron chi connectivity index (χ2n) is 4.08. The number of ether oxygens (including phenoxy) is 1. The lowest BCUT2D eigenvalue weighted by atomic mass is 10.1. The highest BCUT2D eigenvalue weighted by Gasteiger charge is 2.14. The molecule has 0 aliphatic carbocycles. The first-order valence-electron chi connectivity index (χ1n) is 5.78. The molecule has 0 unspecified atom stereocenters. The van der Waals surface area contributed by atoms with E-state index in [0.29, 0.717) is 16.6 Å². The van der Waals surface area contributed by atoms with Gasteiger partial charge in [-0.1, -0.05) is 0 Å². The third-order valence-corrected chi connectivity index (χ3v) is 2.89. The van der Waals surface area contributed by atoms with Crippen LogP contribution in [0.3, 0.4) is 0 Å². The average molecular weight is 262 g/mol. The van der Waals surface area contributed by atoms with E-state index < -0.39 is 5.97 Å². The molecule has 0 aromatic carbocycles. The minimum absolute atomic E-state index is 0.130. The van der Waals surface area contributed by atoms with Crippen molar-refractivity contribution in [3.05, 3.63) is 39.9 Å². The molecule has 0 amide bonds. The molecular weight excluding hydrogens is 248 g/mol. The standard InChI is InChI=1S/C13H14N2O4/c1-8-9(13(18)19-2)7-10-11(14-8)3-4-15(5-6-16)12(10)17/h3-4,7,16H,5-6H2,1-2H3. The van der Waals surface area contributed by atoms with Crippen LogP contribution in [0.5, 0.6) is 0 Å². The molecule has 1 N–H and O–H groups in total. The summed E-state index contributed by atoms with van der Waals surface area (Å²) in [6.45, 7) is 1.76. The molecule has 0 saturated heterocycles. The maximum Gasteiger partial charge on any atom is 0.339 e. The number of esters is 1. The Hall–Kier alpha value is -2.21. The van der Waals surface area contributed by atoms with E-state index in [1.54, 1.807) is 19.2 Å². The average Bonchev–Trinajstić information content (AvgIpc) is 2.41. The van der Waals surface area contributed by atoms with E-state index in [9.17, 15) is 9.59 Å². The monoisotopic (exact) mass is 262 g/mol. The lowest BCUT2D eigenvalue weighted by Gasteiger charge is -2.08. The Labute approximate surface area is 109 Å². The second kappa shape index (κ2) is 5.19. The van der Waals surface area contributed by atoms with Crippen LogP contribution in [0.2, 0.25) is 0 Å². The van der Waals surface area contributed by atoms with Crippen molar-refractivity contribution in [2.24, 2.45) is 0 Å². The van der Waals surface area contributed by atoms with E-state index in [1.165, 1.54) is 17.7 Å². The predicted molar refractivity (Wildman–Crippen MR) is 69.2 cm³/mol. The SMILES string of the molecule is COC(=O)c1cc2c(=O)n(CCO)ccc2nc1C. The zero-order chi connectivity index (χ0) is 14.0. The van der Waals surface area contributed by atoms with E-state index in [1.807, 2.05) is 0 Å². The quantitative estimate of drug-likeness (QED) is 0.814. The first-order valence-corrected chi connectivity index (χ1v) is 5.78. The molecule has 0 aliphatic heterocycles. The van der Waals surface area contributed by atoms with Gasteiger partial charge in [-0.25, -0.2) is 4.79 Å². The van der Waals surface area contributed by atoms with Crippen molar-refractivity contribution in [3.63, 3.8) is 0 Å². The molecule has 0 saturated carbocycles. The van der Waals surface area contributed by atoms with Crippen molar-refractivity contribution in [3.8, 4) is 0 Å². The van der Waals surface area contributed by atoms with E-state index >= 15 is 0 Å². The Morgan fingerprint density at radius 3 is 2.89 bits per heavy atom. The van der Waals surface area contributed by atoms with Crippen LogP contribution in [-0.2, 0) is 11.3 Å². The zero-order valence-corrected chi connectivity index (χ0v) is 10.7. The number of pyridine rings is 2. The molecule has 0 radical (unpaired) electrons. The van der Waals surface area contributed by atoms with Gasteiger partial charge in [0.2, 0.25) is 0 Å². The van der Waals surface area contributed by atoms with Crippen molar-refractivity contribution in [1.82, 2.24) is 9.55 Å². The van der Waals surface area contributed by atoms with Crippen molar-refractivity contribution >= 4 is 16.9 Å². The molecular formula is C13H14N2O4. The molecule has 6 nitrogen and oxygen atoms in total. The van der Waals surface area contributed by atoms with Gasteiger partial charge in [0.05, 0.1) is 35.9 Å². The Bertz CT molecular complexity index is 691. The van der Waals surface area contributed by atoms with Crippen molar-refractivity contribution < 1.29 is 14.6 Å². The zero-order valence-electron chi connectivity index (χ0n) is 10.7. The molecule has 100 valence electrons. The van der Waals surface area contributed by atoms with Crippen LogP contribution in [0, 0.1) is 6.92 Å². The summed E-state index contributed by atoms with van der Waals surface area (Å²) in [5, 5.41) is 9.23. The summed E-state index contributed by atoms with van der Waals surface area (Å²) in [5.41, 5.74) is 1.01. The van der Waals surface area contributed by atoms with Gasteiger partial charge in [-0.15, -0.1) is 0 Å². The summed E-state index contributed by atoms with van der Waals surface area (Å²) < 4.78 is 6.03. The van der Waals surface area contributed by atoms with Crippen LogP contribution in [0.25, 0.3) is 10.9 Å². The molecule has 2 rings (SSSR count). The number of carbonyl (C=O) groups is 1. The fraction of sp³-hybridized carbons (Fsp3) is 0.308. The van der Waals surface area contributed by atoms with Crippen LogP contribution in [0.1, 0.15) is 16.1 Å². The number of methoxy groups -OCH3 is 1. The minimum atomic E-state index is -0.524. The lowest BCUT2D eigenvalue weighted by Crippen LogP contribution is -2.22. The van der Waals surface area contributed by atoms with Crippen molar-refractivity contribution in [1.29, 1.82) is 0 Å². The Kier molecular flexibility index (Phi) is 3.62. The topological polar surface area (TPSA) is 81.4 Å². The smallest absolute Gasteiger partial charge is 0.339 e. The fourth-order valence-corrected chi connectivity index (χ4v) is 1.91. The minimum Gasteiger partial charge on any atom is -0.465 e. The number of aryl methyl sites for hydroxylation is 1. The van der Waals surface area contributed by atoms with Crippen LogP contribution in [0.4, 0.5) is 0 Å². The molecule has 2 aromatic rings. The van der Waals surface area contributed by atoms with Gasteiger partial charge >= 0.3 is 5.97 Å². The van der Waals surface area contributed by atoms with Gasteiger partial charge in [0.1, 0.15) is 0 Å². The lowest BCUT2D eigenvalue weighted by molar-refractivity contribution is 0.0599. The van der Waals surface area contributed by atoms with Gasteiger partial charge < -0.3 is 14.4 Å². The summed E-state index contributed by atoms with van der Waals surface area (Å²) >= 11 is 0. The largest absolute Gasteiger partial charge is 0.465 e. The van der Waals surface area contributed by atoms with Gasteiger partial charge in [0.25, 0.3) is 5.56 Å². The maximum absolute atomic E-state index is 12.2. The molecule has 0 bridgehead atoms. The van der Waals surface area contributed by atoms with E-state index in [4.69, 9.17) is 5.11 Å². The second-order valence-corrected chi connectivity index (χ2v) is 4.08. The number of hydrogen-bond acceptors (Lipinski definition) is 5. The van der Waals surface area contributed by atoms with Crippen LogP contribution >= 0.6 is 0 Å². The number of aliphatic hydroxyl groups excluding tert-OH is 1. The Morgan fingerprint density at radius 2 is 2.26 bits per heavy atom. The molecule has 0 spiro atoms. The predicted octanol–water partition coefficient (Wildman–Crippen LogP) is 0.484. The summed E-state index contributed by atoms with van der Waals surface area (Å²) in [6, 6.07) is 3.17. The van der Waals surface area contributed by atoms with Crippen molar-refractivity contribution in [2.45, 2.75) is 13.5 Å². The number of rotatable bonds is 3. The van der Waals surface area contributed by atoms with E-state index in [-0.39, 0.29) is 24.3 Å². The summed E-state index contributed by atoms with van der Waals surface area (Å²) in [4.78, 5) is 28.0. The highest BCUT2D eigenvalue weighted by Crippen LogP contribution is 2.14. The van der Waals surface area contributed by atoms with Gasteiger partial charge in [0, 0.05) is 12.7 Å². The normalized spacial score (nSPS) is 10.7. The van der Waals surface area contributed by atoms with Gasteiger partial charge in [-0.05, 0) is 19.1 Å². The molecule has 2 aromatic heterocycles. The van der Waals surface area contributed by atoms with Gasteiger partial charge in [-0.2, -0.15) is 0 Å². The third-order valence-electron chi connectivity index (χ3n) is 2.89. The van der Waals surface area contributed by atoms with E-state index in [2.05, 4.69) is 9.72 Å². The third kappa shape index (κ3) is 2.34. The molecule has 0 atom stereocenters. The van der Waals surface area contributed by atoms with Crippen molar-refractivity contribution in [2.75, 3.05) is 13.7 Å². The van der Waals surface area contributed by atoms with Crippen LogP contribution in [-0.4, -0.2) is 34.3 Å². The number of aliphatic hydroxyl groups is 1. The maximum atomic E-state index is 12.2. The van der Waals surface area contributed by atoms with Gasteiger partial charge in [-0.3, -0.25) is 9.78 Å². The number of carbonyl (C=O) groups excluding carboxylic acids is 1. The highest BCUT2D eigenvalue weighted by atomic mass is 16.5.